The van der Waals surface area contributed by atoms with Gasteiger partial charge < -0.3 is 0 Å². The number of nitrogens with zero attached hydrogens (tertiary/aromatic N) is 3. The predicted molar refractivity (Wildman–Crippen MR) is 30.4 cm³/mol. The van der Waals surface area contributed by atoms with Crippen LogP contribution in [0.15, 0.2) is 4.88 Å². The quantitative estimate of drug-likeness (QED) is 0.217. The maximum Gasteiger partial charge on any atom is 0.00472 e. The topological polar surface area (TPSA) is 48.8 Å². The van der Waals surface area contributed by atoms with Gasteiger partial charge >= 0.3 is 0 Å². The third-order valence-electron chi connectivity index (χ3n) is 0.999. The first kappa shape index (κ1) is 4.89. The van der Waals surface area contributed by atoms with E-state index in [9.17, 15) is 0 Å². The number of hydrogen-bond donors (Lipinski definition) is 0. The molecule has 1 fully saturated rings. The van der Waals surface area contributed by atoms with E-state index in [0.717, 1.165) is 0 Å². The van der Waals surface area contributed by atoms with E-state index in [2.05, 4.69) is 9.80 Å². The number of hydrogen-bond acceptors (Lipinski definition) is 1. The molecule has 1 saturated heterocycles. The van der Waals surface area contributed by atoms with Gasteiger partial charge in [-0.3, -0.25) is 0 Å². The number of rotatable bonds is 1. The van der Waals surface area contributed by atoms with E-state index in [4.69, 9.17) is 5.53 Å². The zero-order valence-electron chi connectivity index (χ0n) is 3.91. The molecule has 3 nitrogen and oxygen atoms in total. The fourth-order valence-corrected chi connectivity index (χ4v) is 1.34. The highest BCUT2D eigenvalue weighted by atomic mass is 31.1. The summed E-state index contributed by atoms with van der Waals surface area (Å²) >= 11 is 0. The molecule has 0 unspecified atom stereocenters. The molecule has 0 aliphatic carbocycles. The van der Waals surface area contributed by atoms with Crippen molar-refractivity contribution in [1.29, 1.82) is 0 Å². The minimum absolute atomic E-state index is 0.190. The molecule has 0 N–H and O–H groups in total. The Morgan fingerprint density at radius 1 is 1.57 bits per heavy atom. The molecule has 0 amide bonds. The maximum absolute atomic E-state index is 7.88. The summed E-state index contributed by atoms with van der Waals surface area (Å²) in [6.45, 7) is 0. The lowest BCUT2D eigenvalue weighted by atomic mass is 10.5. The summed E-state index contributed by atoms with van der Waals surface area (Å²) in [7, 11) is -0.190. The molecule has 0 atom stereocenters. The molecule has 0 bridgehead atoms. The van der Waals surface area contributed by atoms with Crippen LogP contribution in [-0.4, -0.2) is 12.3 Å². The Bertz CT molecular complexity index is 103. The molecule has 0 aromatic heterocycles. The standard InChI is InChI=1S/C3H6N3P/c4-5-6-7-2-1-3-7/h1-3H2. The minimum Gasteiger partial charge on any atom is -0.0726 e. The molecular weight excluding hydrogens is 109 g/mol. The molecule has 4 heteroatoms. The summed E-state index contributed by atoms with van der Waals surface area (Å²) in [4.78, 5) is 6.29. The van der Waals surface area contributed by atoms with E-state index < -0.39 is 0 Å². The van der Waals surface area contributed by atoms with Gasteiger partial charge in [-0.15, -0.1) is 0 Å². The first-order valence-corrected chi connectivity index (χ1v) is 3.90. The van der Waals surface area contributed by atoms with Crippen molar-refractivity contribution in [3.8, 4) is 0 Å². The first-order valence-electron chi connectivity index (χ1n) is 2.23. The third-order valence-corrected chi connectivity index (χ3v) is 3.00. The van der Waals surface area contributed by atoms with Crippen molar-refractivity contribution < 1.29 is 0 Å². The van der Waals surface area contributed by atoms with E-state index in [1.165, 1.54) is 18.7 Å². The molecule has 7 heavy (non-hydrogen) atoms. The van der Waals surface area contributed by atoms with E-state index >= 15 is 0 Å². The number of azide groups is 1. The lowest BCUT2D eigenvalue weighted by Gasteiger charge is -2.18. The average Bonchev–Trinajstić information content (AvgIpc) is 1.55. The maximum atomic E-state index is 7.88. The van der Waals surface area contributed by atoms with Gasteiger partial charge in [0.25, 0.3) is 0 Å². The van der Waals surface area contributed by atoms with Crippen LogP contribution in [0.5, 0.6) is 0 Å². The van der Waals surface area contributed by atoms with Gasteiger partial charge in [-0.05, 0) is 32.3 Å². The molecule has 1 aliphatic rings. The van der Waals surface area contributed by atoms with Gasteiger partial charge in [-0.2, -0.15) is 0 Å². The van der Waals surface area contributed by atoms with Gasteiger partial charge in [0.15, 0.2) is 0 Å². The monoisotopic (exact) mass is 115 g/mol. The molecule has 0 aromatic rings. The minimum atomic E-state index is -0.190. The molecule has 0 radical (unpaired) electrons. The Labute approximate surface area is 43.2 Å². The molecule has 0 saturated carbocycles. The highest BCUT2D eigenvalue weighted by molar-refractivity contribution is 7.57. The van der Waals surface area contributed by atoms with Crippen LogP contribution in [0.3, 0.4) is 0 Å². The molecule has 1 heterocycles. The van der Waals surface area contributed by atoms with Crippen LogP contribution in [0.1, 0.15) is 6.42 Å². The van der Waals surface area contributed by atoms with Crippen LogP contribution >= 0.6 is 8.07 Å². The smallest absolute Gasteiger partial charge is 0.00472 e. The second kappa shape index (κ2) is 2.15. The van der Waals surface area contributed by atoms with Crippen LogP contribution in [0, 0.1) is 0 Å². The normalized spacial score (nSPS) is 20.0. The van der Waals surface area contributed by atoms with Crippen LogP contribution in [0.2, 0.25) is 0 Å². The van der Waals surface area contributed by atoms with Gasteiger partial charge in [0.05, 0.1) is 0 Å². The van der Waals surface area contributed by atoms with Crippen molar-refractivity contribution in [3.63, 3.8) is 0 Å². The molecule has 1 rings (SSSR count). The fourth-order valence-electron chi connectivity index (χ4n) is 0.446. The third kappa shape index (κ3) is 1.05. The van der Waals surface area contributed by atoms with Gasteiger partial charge in [0.2, 0.25) is 0 Å². The lowest BCUT2D eigenvalue weighted by Crippen LogP contribution is -1.99. The second-order valence-corrected chi connectivity index (χ2v) is 3.57. The molecule has 38 valence electrons. The Morgan fingerprint density at radius 3 is 2.43 bits per heavy atom. The molecule has 0 aromatic carbocycles. The predicted octanol–water partition coefficient (Wildman–Crippen LogP) is 2.10. The molecule has 1 aliphatic heterocycles. The van der Waals surface area contributed by atoms with Crippen molar-refractivity contribution in [1.82, 2.24) is 0 Å². The zero-order chi connectivity index (χ0) is 5.11. The summed E-state index contributed by atoms with van der Waals surface area (Å²) < 4.78 is 0. The summed E-state index contributed by atoms with van der Waals surface area (Å²) in [5, 5.41) is 0. The summed E-state index contributed by atoms with van der Waals surface area (Å²) in [5.41, 5.74) is 7.88. The Balaban J connectivity index is 2.27. The second-order valence-electron chi connectivity index (χ2n) is 1.49. The van der Waals surface area contributed by atoms with E-state index in [1.54, 1.807) is 0 Å². The average molecular weight is 115 g/mol. The van der Waals surface area contributed by atoms with Crippen molar-refractivity contribution >= 4 is 8.07 Å². The fraction of sp³-hybridized carbons (Fsp3) is 1.00. The van der Waals surface area contributed by atoms with Crippen molar-refractivity contribution in [3.05, 3.63) is 10.4 Å². The van der Waals surface area contributed by atoms with Gasteiger partial charge in [0.1, 0.15) is 0 Å². The lowest BCUT2D eigenvalue weighted by molar-refractivity contribution is 1.02. The van der Waals surface area contributed by atoms with Crippen LogP contribution < -0.4 is 0 Å². The van der Waals surface area contributed by atoms with Crippen molar-refractivity contribution in [2.24, 2.45) is 4.88 Å². The van der Waals surface area contributed by atoms with E-state index in [1.807, 2.05) is 0 Å². The summed E-state index contributed by atoms with van der Waals surface area (Å²) in [5.74, 6) is 0. The Morgan fingerprint density at radius 2 is 2.29 bits per heavy atom. The van der Waals surface area contributed by atoms with Gasteiger partial charge in [-0.1, -0.05) is 4.88 Å². The van der Waals surface area contributed by atoms with Gasteiger partial charge in [0, 0.05) is 4.91 Å². The highest BCUT2D eigenvalue weighted by Gasteiger charge is 2.13. The first-order chi connectivity index (χ1) is 3.43. The van der Waals surface area contributed by atoms with Crippen molar-refractivity contribution in [2.45, 2.75) is 6.42 Å². The largest absolute Gasteiger partial charge is 0.0726 e. The van der Waals surface area contributed by atoms with Gasteiger partial charge in [-0.25, -0.2) is 0 Å². The summed E-state index contributed by atoms with van der Waals surface area (Å²) in [6, 6.07) is 0. The van der Waals surface area contributed by atoms with Crippen LogP contribution in [-0.2, 0) is 0 Å². The SMILES string of the molecule is [N-]=[N+]=NP1CCC1. The Hall–Kier alpha value is -0.260. The van der Waals surface area contributed by atoms with Crippen LogP contribution in [0.4, 0.5) is 0 Å². The van der Waals surface area contributed by atoms with Crippen LogP contribution in [0.25, 0.3) is 10.4 Å². The molecular formula is C3H6N3P. The zero-order valence-corrected chi connectivity index (χ0v) is 4.80. The highest BCUT2D eigenvalue weighted by Crippen LogP contribution is 2.47. The van der Waals surface area contributed by atoms with Crippen molar-refractivity contribution in [2.75, 3.05) is 12.3 Å². The summed E-state index contributed by atoms with van der Waals surface area (Å²) in [6.07, 6.45) is 3.60. The van der Waals surface area contributed by atoms with E-state index in [0.29, 0.717) is 0 Å². The van der Waals surface area contributed by atoms with E-state index in [-0.39, 0.29) is 8.07 Å². The molecule has 0 spiro atoms. The Kier molecular flexibility index (Phi) is 1.50.